The van der Waals surface area contributed by atoms with E-state index in [1.807, 2.05) is 13.0 Å². The third-order valence-corrected chi connectivity index (χ3v) is 3.55. The van der Waals surface area contributed by atoms with Gasteiger partial charge in [-0.2, -0.15) is 0 Å². The van der Waals surface area contributed by atoms with Crippen LogP contribution >= 0.6 is 27.5 Å². The quantitative estimate of drug-likeness (QED) is 0.819. The van der Waals surface area contributed by atoms with Gasteiger partial charge in [0.2, 0.25) is 0 Å². The van der Waals surface area contributed by atoms with E-state index in [1.54, 1.807) is 12.1 Å². The van der Waals surface area contributed by atoms with E-state index >= 15 is 0 Å². The third kappa shape index (κ3) is 4.68. The summed E-state index contributed by atoms with van der Waals surface area (Å²) in [6.45, 7) is 4.69. The summed E-state index contributed by atoms with van der Waals surface area (Å²) in [7, 11) is 0. The first kappa shape index (κ1) is 14.5. The van der Waals surface area contributed by atoms with E-state index in [-0.39, 0.29) is 5.91 Å². The Morgan fingerprint density at radius 1 is 1.53 bits per heavy atom. The molecule has 0 fully saturated rings. The topological polar surface area (TPSA) is 29.1 Å². The van der Waals surface area contributed by atoms with Crippen LogP contribution in [0.1, 0.15) is 35.7 Å². The molecule has 1 amide bonds. The fraction of sp³-hybridized carbons (Fsp3) is 0.462. The van der Waals surface area contributed by atoms with E-state index in [0.29, 0.717) is 22.0 Å². The minimum Gasteiger partial charge on any atom is -0.351 e. The highest BCUT2D eigenvalue weighted by Gasteiger charge is 2.11. The molecule has 1 unspecified atom stereocenters. The van der Waals surface area contributed by atoms with Crippen molar-refractivity contribution >= 4 is 33.4 Å². The predicted molar refractivity (Wildman–Crippen MR) is 76.1 cm³/mol. The molecule has 0 aliphatic carbocycles. The van der Waals surface area contributed by atoms with E-state index in [2.05, 4.69) is 28.2 Å². The summed E-state index contributed by atoms with van der Waals surface area (Å²) < 4.78 is 0. The molecule has 17 heavy (non-hydrogen) atoms. The molecule has 1 rings (SSSR count). The number of rotatable bonds is 5. The van der Waals surface area contributed by atoms with Crippen LogP contribution in [0.5, 0.6) is 0 Å². The zero-order valence-corrected chi connectivity index (χ0v) is 12.4. The smallest absolute Gasteiger partial charge is 0.252 e. The van der Waals surface area contributed by atoms with Gasteiger partial charge in [0.05, 0.1) is 10.6 Å². The lowest BCUT2D eigenvalue weighted by molar-refractivity contribution is 0.0954. The van der Waals surface area contributed by atoms with Gasteiger partial charge in [-0.05, 0) is 31.0 Å². The average Bonchev–Trinajstić information content (AvgIpc) is 2.26. The predicted octanol–water partition coefficient (Wildman–Crippen LogP) is 3.94. The standard InChI is InChI=1S/C13H17BrClNO/c1-3-4-10(14)8-16-13(17)11-6-5-9(2)7-12(11)15/h5-7,10H,3-4,8H2,1-2H3,(H,16,17). The third-order valence-electron chi connectivity index (χ3n) is 2.46. The Kier molecular flexibility index (Phi) is 6.00. The van der Waals surface area contributed by atoms with Crippen LogP contribution in [0.15, 0.2) is 18.2 Å². The Morgan fingerprint density at radius 3 is 2.82 bits per heavy atom. The largest absolute Gasteiger partial charge is 0.351 e. The van der Waals surface area contributed by atoms with Crippen LogP contribution < -0.4 is 5.32 Å². The summed E-state index contributed by atoms with van der Waals surface area (Å²) in [5.41, 5.74) is 1.59. The van der Waals surface area contributed by atoms with Gasteiger partial charge >= 0.3 is 0 Å². The van der Waals surface area contributed by atoms with Gasteiger partial charge in [0.15, 0.2) is 0 Å². The highest BCUT2D eigenvalue weighted by molar-refractivity contribution is 9.09. The zero-order valence-electron chi connectivity index (χ0n) is 10.1. The van der Waals surface area contributed by atoms with E-state index in [0.717, 1.165) is 18.4 Å². The molecule has 0 spiro atoms. The van der Waals surface area contributed by atoms with Gasteiger partial charge in [-0.25, -0.2) is 0 Å². The highest BCUT2D eigenvalue weighted by atomic mass is 79.9. The van der Waals surface area contributed by atoms with Gasteiger partial charge in [0.25, 0.3) is 5.91 Å². The number of halogens is 2. The minimum absolute atomic E-state index is 0.115. The van der Waals surface area contributed by atoms with Crippen molar-refractivity contribution < 1.29 is 4.79 Å². The molecule has 94 valence electrons. The van der Waals surface area contributed by atoms with E-state index in [4.69, 9.17) is 11.6 Å². The lowest BCUT2D eigenvalue weighted by Crippen LogP contribution is -2.29. The maximum atomic E-state index is 11.9. The number of hydrogen-bond donors (Lipinski definition) is 1. The van der Waals surface area contributed by atoms with Gasteiger partial charge in [0, 0.05) is 11.4 Å². The maximum Gasteiger partial charge on any atom is 0.252 e. The summed E-state index contributed by atoms with van der Waals surface area (Å²) in [5.74, 6) is -0.115. The maximum absolute atomic E-state index is 11.9. The second-order valence-electron chi connectivity index (χ2n) is 4.08. The van der Waals surface area contributed by atoms with Gasteiger partial charge < -0.3 is 5.32 Å². The van der Waals surface area contributed by atoms with Gasteiger partial charge in [-0.15, -0.1) is 0 Å². The van der Waals surface area contributed by atoms with Crippen molar-refractivity contribution in [2.45, 2.75) is 31.5 Å². The van der Waals surface area contributed by atoms with Crippen LogP contribution in [0.4, 0.5) is 0 Å². The van der Waals surface area contributed by atoms with E-state index < -0.39 is 0 Å². The fourth-order valence-electron chi connectivity index (χ4n) is 1.52. The van der Waals surface area contributed by atoms with Crippen LogP contribution in [0.2, 0.25) is 5.02 Å². The van der Waals surface area contributed by atoms with Crippen LogP contribution in [0, 0.1) is 6.92 Å². The number of carbonyl (C=O) groups excluding carboxylic acids is 1. The Hall–Kier alpha value is -0.540. The number of aryl methyl sites for hydroxylation is 1. The lowest BCUT2D eigenvalue weighted by atomic mass is 10.1. The Balaban J connectivity index is 2.58. The van der Waals surface area contributed by atoms with Crippen molar-refractivity contribution in [1.82, 2.24) is 5.32 Å². The Morgan fingerprint density at radius 2 is 2.24 bits per heavy atom. The summed E-state index contributed by atoms with van der Waals surface area (Å²) in [5, 5.41) is 3.38. The Labute approximate surface area is 116 Å². The summed E-state index contributed by atoms with van der Waals surface area (Å²) >= 11 is 9.55. The van der Waals surface area contributed by atoms with Crippen LogP contribution in [0.25, 0.3) is 0 Å². The molecule has 1 N–H and O–H groups in total. The van der Waals surface area contributed by atoms with Crippen LogP contribution in [-0.2, 0) is 0 Å². The molecule has 1 atom stereocenters. The molecule has 0 saturated heterocycles. The number of nitrogens with one attached hydrogen (secondary N) is 1. The summed E-state index contributed by atoms with van der Waals surface area (Å²) in [6, 6.07) is 5.45. The van der Waals surface area contributed by atoms with Crippen molar-refractivity contribution in [1.29, 1.82) is 0 Å². The van der Waals surface area contributed by atoms with Crippen molar-refractivity contribution in [2.75, 3.05) is 6.54 Å². The monoisotopic (exact) mass is 317 g/mol. The first-order valence-corrected chi connectivity index (χ1v) is 7.02. The number of amides is 1. The van der Waals surface area contributed by atoms with Crippen molar-refractivity contribution in [3.63, 3.8) is 0 Å². The zero-order chi connectivity index (χ0) is 12.8. The molecule has 0 aliphatic rings. The van der Waals surface area contributed by atoms with Crippen molar-refractivity contribution in [3.05, 3.63) is 34.3 Å². The molecule has 0 radical (unpaired) electrons. The van der Waals surface area contributed by atoms with Gasteiger partial charge in [0.1, 0.15) is 0 Å². The molecule has 0 heterocycles. The molecule has 1 aromatic carbocycles. The number of hydrogen-bond acceptors (Lipinski definition) is 1. The molecule has 0 bridgehead atoms. The molecule has 0 saturated carbocycles. The van der Waals surface area contributed by atoms with Crippen LogP contribution in [0.3, 0.4) is 0 Å². The molecular weight excluding hydrogens is 302 g/mol. The number of carbonyl (C=O) groups is 1. The second kappa shape index (κ2) is 7.02. The number of alkyl halides is 1. The van der Waals surface area contributed by atoms with Gasteiger partial charge in [-0.3, -0.25) is 4.79 Å². The highest BCUT2D eigenvalue weighted by Crippen LogP contribution is 2.17. The summed E-state index contributed by atoms with van der Waals surface area (Å²) in [4.78, 5) is 12.2. The number of benzene rings is 1. The average molecular weight is 319 g/mol. The lowest BCUT2D eigenvalue weighted by Gasteiger charge is -2.11. The SMILES string of the molecule is CCCC(Br)CNC(=O)c1ccc(C)cc1Cl. The van der Waals surface area contributed by atoms with Gasteiger partial charge in [-0.1, -0.05) is 46.9 Å². The van der Waals surface area contributed by atoms with E-state index in [9.17, 15) is 4.79 Å². The van der Waals surface area contributed by atoms with Crippen molar-refractivity contribution in [2.24, 2.45) is 0 Å². The molecule has 0 aliphatic heterocycles. The molecule has 4 heteroatoms. The van der Waals surface area contributed by atoms with Crippen molar-refractivity contribution in [3.8, 4) is 0 Å². The normalized spacial score (nSPS) is 12.2. The molecule has 1 aromatic rings. The minimum atomic E-state index is -0.115. The summed E-state index contributed by atoms with van der Waals surface area (Å²) in [6.07, 6.45) is 2.14. The van der Waals surface area contributed by atoms with Crippen LogP contribution in [-0.4, -0.2) is 17.3 Å². The van der Waals surface area contributed by atoms with E-state index in [1.165, 1.54) is 0 Å². The first-order chi connectivity index (χ1) is 8.04. The molecule has 0 aromatic heterocycles. The molecular formula is C13H17BrClNO. The fourth-order valence-corrected chi connectivity index (χ4v) is 2.46. The first-order valence-electron chi connectivity index (χ1n) is 5.73. The molecule has 2 nitrogen and oxygen atoms in total. The second-order valence-corrected chi connectivity index (χ2v) is 5.78. The Bertz CT molecular complexity index is 395.